The lowest BCUT2D eigenvalue weighted by Crippen LogP contribution is -2.24. The van der Waals surface area contributed by atoms with Crippen molar-refractivity contribution in [3.63, 3.8) is 0 Å². The Kier molecular flexibility index (Phi) is 9.37. The number of hydrogen-bond acceptors (Lipinski definition) is 5. The number of alkyl halides is 3. The van der Waals surface area contributed by atoms with Gasteiger partial charge in [-0.15, -0.1) is 13.2 Å². The molecule has 10 heteroatoms. The van der Waals surface area contributed by atoms with Gasteiger partial charge in [0.05, 0.1) is 13.0 Å². The van der Waals surface area contributed by atoms with Crippen LogP contribution in [0.1, 0.15) is 30.0 Å². The molecule has 3 rings (SSSR count). The fraction of sp³-hybridized carbons (Fsp3) is 0.259. The Morgan fingerprint density at radius 1 is 0.946 bits per heavy atom. The Morgan fingerprint density at radius 3 is 2.41 bits per heavy atom. The van der Waals surface area contributed by atoms with Crippen LogP contribution in [0.5, 0.6) is 11.5 Å². The van der Waals surface area contributed by atoms with Crippen LogP contribution in [0.25, 0.3) is 11.1 Å². The van der Waals surface area contributed by atoms with Gasteiger partial charge in [0, 0.05) is 12.1 Å². The summed E-state index contributed by atoms with van der Waals surface area (Å²) in [5.74, 6) is -0.760. The molecule has 1 amide bonds. The van der Waals surface area contributed by atoms with Gasteiger partial charge in [-0.2, -0.15) is 0 Å². The second kappa shape index (κ2) is 12.7. The fourth-order valence-corrected chi connectivity index (χ4v) is 3.49. The second-order valence-electron chi connectivity index (χ2n) is 8.07. The average Bonchev–Trinajstić information content (AvgIpc) is 2.84. The summed E-state index contributed by atoms with van der Waals surface area (Å²) in [6, 6.07) is 17.8. The second-order valence-corrected chi connectivity index (χ2v) is 8.07. The minimum Gasteiger partial charge on any atom is -0.493 e. The molecular weight excluding hydrogens is 491 g/mol. The third-order valence-corrected chi connectivity index (χ3v) is 5.06. The number of nitrogens with one attached hydrogen (secondary N) is 1. The average molecular weight is 518 g/mol. The Morgan fingerprint density at radius 2 is 1.68 bits per heavy atom. The summed E-state index contributed by atoms with van der Waals surface area (Å²) < 4.78 is 52.0. The Balaban J connectivity index is 1.68. The summed E-state index contributed by atoms with van der Waals surface area (Å²) in [5.41, 5.74) is 3.27. The van der Waals surface area contributed by atoms with Crippen molar-refractivity contribution in [3.8, 4) is 22.6 Å². The van der Waals surface area contributed by atoms with Gasteiger partial charge in [0.15, 0.2) is 0 Å². The zero-order chi connectivity index (χ0) is 26.8. The molecule has 0 aliphatic rings. The van der Waals surface area contributed by atoms with Gasteiger partial charge in [-0.3, -0.25) is 4.79 Å². The third kappa shape index (κ3) is 9.06. The number of carboxylic acid groups (broad SMARTS) is 1. The van der Waals surface area contributed by atoms with Gasteiger partial charge in [0.2, 0.25) is 0 Å². The Bertz CT molecular complexity index is 1230. The molecule has 0 saturated heterocycles. The van der Waals surface area contributed by atoms with Crippen LogP contribution in [-0.2, 0) is 29.1 Å². The van der Waals surface area contributed by atoms with Crippen LogP contribution in [0.4, 0.5) is 18.0 Å². The van der Waals surface area contributed by atoms with Gasteiger partial charge in [0.1, 0.15) is 18.1 Å². The number of alkyl carbamates (subject to hydrolysis) is 1. The van der Waals surface area contributed by atoms with Crippen LogP contribution in [0.3, 0.4) is 0 Å². The Labute approximate surface area is 211 Å². The van der Waals surface area contributed by atoms with Crippen LogP contribution in [-0.4, -0.2) is 30.1 Å². The maximum atomic E-state index is 12.4. The number of aliphatic carboxylic acids is 1. The number of amides is 1. The van der Waals surface area contributed by atoms with E-state index in [-0.39, 0.29) is 19.6 Å². The molecule has 0 aromatic heterocycles. The molecule has 37 heavy (non-hydrogen) atoms. The molecule has 3 aromatic carbocycles. The highest BCUT2D eigenvalue weighted by Crippen LogP contribution is 2.28. The van der Waals surface area contributed by atoms with Crippen molar-refractivity contribution < 1.29 is 42.1 Å². The van der Waals surface area contributed by atoms with Crippen molar-refractivity contribution in [1.82, 2.24) is 5.32 Å². The highest BCUT2D eigenvalue weighted by molar-refractivity contribution is 5.73. The maximum Gasteiger partial charge on any atom is 0.573 e. The van der Waals surface area contributed by atoms with E-state index in [0.29, 0.717) is 29.0 Å². The third-order valence-electron chi connectivity index (χ3n) is 5.06. The Hall–Kier alpha value is -4.21. The van der Waals surface area contributed by atoms with Gasteiger partial charge in [-0.25, -0.2) is 4.79 Å². The first-order valence-electron chi connectivity index (χ1n) is 11.4. The monoisotopic (exact) mass is 517 g/mol. The molecule has 0 saturated carbocycles. The zero-order valence-corrected chi connectivity index (χ0v) is 20.0. The lowest BCUT2D eigenvalue weighted by Gasteiger charge is -2.15. The van der Waals surface area contributed by atoms with Crippen molar-refractivity contribution in [1.29, 1.82) is 0 Å². The van der Waals surface area contributed by atoms with Crippen molar-refractivity contribution in [2.24, 2.45) is 0 Å². The molecule has 0 atom stereocenters. The topological polar surface area (TPSA) is 94.1 Å². The predicted octanol–water partition coefficient (Wildman–Crippen LogP) is 6.09. The van der Waals surface area contributed by atoms with Gasteiger partial charge >= 0.3 is 18.4 Å². The molecule has 196 valence electrons. The van der Waals surface area contributed by atoms with Crippen molar-refractivity contribution in [2.45, 2.75) is 39.3 Å². The number of halogens is 3. The van der Waals surface area contributed by atoms with Gasteiger partial charge < -0.3 is 24.6 Å². The first kappa shape index (κ1) is 27.4. The summed E-state index contributed by atoms with van der Waals surface area (Å²) in [6.45, 7) is 2.25. The van der Waals surface area contributed by atoms with Gasteiger partial charge in [0.25, 0.3) is 0 Å². The standard InChI is InChI=1S/C27H26F3NO6/c1-2-11-35-24-10-9-21(20-7-3-5-18(12-20)14-25(32)33)15-22(24)16-31-26(34)36-17-19-6-4-8-23(13-19)37-27(28,29)30/h3-10,12-13,15H,2,11,14,16-17H2,1H3,(H,31,34)(H,32,33). The molecular formula is C27H26F3NO6. The molecule has 0 aliphatic carbocycles. The quantitative estimate of drug-likeness (QED) is 0.320. The lowest BCUT2D eigenvalue weighted by atomic mass is 9.99. The van der Waals surface area contributed by atoms with Crippen LogP contribution in [0.15, 0.2) is 66.7 Å². The first-order chi connectivity index (χ1) is 17.6. The molecule has 0 bridgehead atoms. The van der Waals surface area contributed by atoms with Crippen molar-refractivity contribution in [2.75, 3.05) is 6.61 Å². The number of benzene rings is 3. The van der Waals surface area contributed by atoms with Gasteiger partial charge in [-0.1, -0.05) is 49.4 Å². The maximum absolute atomic E-state index is 12.4. The number of hydrogen-bond donors (Lipinski definition) is 2. The smallest absolute Gasteiger partial charge is 0.493 e. The van der Waals surface area contributed by atoms with E-state index in [1.807, 2.05) is 25.1 Å². The van der Waals surface area contributed by atoms with Crippen molar-refractivity contribution >= 4 is 12.1 Å². The summed E-state index contributed by atoms with van der Waals surface area (Å²) in [7, 11) is 0. The minimum absolute atomic E-state index is 0.0672. The largest absolute Gasteiger partial charge is 0.573 e. The van der Waals surface area contributed by atoms with E-state index in [4.69, 9.17) is 14.6 Å². The molecule has 3 aromatic rings. The van der Waals surface area contributed by atoms with E-state index >= 15 is 0 Å². The van der Waals surface area contributed by atoms with Crippen molar-refractivity contribution in [3.05, 3.63) is 83.4 Å². The highest BCUT2D eigenvalue weighted by atomic mass is 19.4. The zero-order valence-electron chi connectivity index (χ0n) is 20.0. The number of carbonyl (C=O) groups is 2. The van der Waals surface area contributed by atoms with E-state index in [1.165, 1.54) is 12.1 Å². The van der Waals surface area contributed by atoms with E-state index in [9.17, 15) is 22.8 Å². The summed E-state index contributed by atoms with van der Waals surface area (Å²) >= 11 is 0. The lowest BCUT2D eigenvalue weighted by molar-refractivity contribution is -0.274. The number of carboxylic acids is 1. The van der Waals surface area contributed by atoms with E-state index in [2.05, 4.69) is 10.1 Å². The van der Waals surface area contributed by atoms with E-state index in [0.717, 1.165) is 29.7 Å². The molecule has 0 unspecified atom stereocenters. The molecule has 0 spiro atoms. The van der Waals surface area contributed by atoms with E-state index < -0.39 is 24.2 Å². The SMILES string of the molecule is CCCOc1ccc(-c2cccc(CC(=O)O)c2)cc1CNC(=O)OCc1cccc(OC(F)(F)F)c1. The van der Waals surface area contributed by atoms with Crippen LogP contribution < -0.4 is 14.8 Å². The van der Waals surface area contributed by atoms with Crippen LogP contribution in [0.2, 0.25) is 0 Å². The summed E-state index contributed by atoms with van der Waals surface area (Å²) in [4.78, 5) is 23.4. The summed E-state index contributed by atoms with van der Waals surface area (Å²) in [5, 5.41) is 11.7. The minimum atomic E-state index is -4.82. The number of ether oxygens (including phenoxy) is 3. The number of carbonyl (C=O) groups excluding carboxylic acids is 1. The summed E-state index contributed by atoms with van der Waals surface area (Å²) in [6.07, 6.45) is -4.90. The molecule has 0 heterocycles. The molecule has 0 fully saturated rings. The number of rotatable bonds is 11. The van der Waals surface area contributed by atoms with E-state index in [1.54, 1.807) is 24.3 Å². The molecule has 0 aliphatic heterocycles. The molecule has 0 radical (unpaired) electrons. The predicted molar refractivity (Wildman–Crippen MR) is 129 cm³/mol. The molecule has 2 N–H and O–H groups in total. The normalized spacial score (nSPS) is 11.0. The van der Waals surface area contributed by atoms with Gasteiger partial charge in [-0.05, 0) is 52.9 Å². The van der Waals surface area contributed by atoms with Crippen LogP contribution >= 0.6 is 0 Å². The highest BCUT2D eigenvalue weighted by Gasteiger charge is 2.31. The fourth-order valence-electron chi connectivity index (χ4n) is 3.49. The van der Waals surface area contributed by atoms with Crippen LogP contribution in [0, 0.1) is 0 Å². The molecule has 7 nitrogen and oxygen atoms in total. The first-order valence-corrected chi connectivity index (χ1v) is 11.4.